The van der Waals surface area contributed by atoms with E-state index in [2.05, 4.69) is 6.58 Å². The number of ketones is 1. The Morgan fingerprint density at radius 1 is 1.50 bits per heavy atom. The van der Waals surface area contributed by atoms with Crippen LogP contribution in [0.3, 0.4) is 0 Å². The van der Waals surface area contributed by atoms with Crippen LogP contribution in [0.2, 0.25) is 0 Å². The van der Waals surface area contributed by atoms with Crippen LogP contribution in [0, 0.1) is 0 Å². The Hall–Kier alpha value is -0.920. The van der Waals surface area contributed by atoms with Gasteiger partial charge in [-0.3, -0.25) is 4.79 Å². The van der Waals surface area contributed by atoms with Crippen molar-refractivity contribution in [3.8, 4) is 0 Å². The molecule has 0 aromatic rings. The minimum absolute atomic E-state index is 0.0249. The maximum atomic E-state index is 10.7. The first kappa shape index (κ1) is 9.08. The average Bonchev–Trinajstić information content (AvgIpc) is 1.89. The molecular formula is C8H12O2. The topological polar surface area (TPSA) is 34.1 Å². The quantitative estimate of drug-likeness (QED) is 0.242. The van der Waals surface area contributed by atoms with Crippen LogP contribution in [-0.2, 0) is 9.59 Å². The molecule has 0 saturated carbocycles. The van der Waals surface area contributed by atoms with Gasteiger partial charge in [-0.05, 0) is 12.8 Å². The predicted molar refractivity (Wildman–Crippen MR) is 39.7 cm³/mol. The van der Waals surface area contributed by atoms with Gasteiger partial charge < -0.3 is 4.79 Å². The Kier molecular flexibility index (Phi) is 5.63. The molecule has 0 radical (unpaired) electrons. The summed E-state index contributed by atoms with van der Waals surface area (Å²) in [7, 11) is 0. The molecule has 0 aliphatic heterocycles. The van der Waals surface area contributed by atoms with Crippen LogP contribution in [0.15, 0.2) is 12.7 Å². The summed E-state index contributed by atoms with van der Waals surface area (Å²) in [5, 5.41) is 0. The first-order valence-corrected chi connectivity index (χ1v) is 3.37. The third-order valence-electron chi connectivity index (χ3n) is 1.17. The van der Waals surface area contributed by atoms with E-state index >= 15 is 0 Å². The Balaban J connectivity index is 3.20. The highest BCUT2D eigenvalue weighted by molar-refractivity contribution is 5.89. The Morgan fingerprint density at radius 2 is 2.20 bits per heavy atom. The zero-order chi connectivity index (χ0) is 7.82. The van der Waals surface area contributed by atoms with E-state index in [4.69, 9.17) is 0 Å². The zero-order valence-electron chi connectivity index (χ0n) is 6.01. The van der Waals surface area contributed by atoms with Crippen molar-refractivity contribution >= 4 is 12.1 Å². The molecule has 0 unspecified atom stereocenters. The van der Waals surface area contributed by atoms with Gasteiger partial charge in [0.1, 0.15) is 12.1 Å². The van der Waals surface area contributed by atoms with Gasteiger partial charge in [0.15, 0.2) is 0 Å². The van der Waals surface area contributed by atoms with Crippen LogP contribution in [-0.4, -0.2) is 12.1 Å². The molecule has 0 saturated heterocycles. The van der Waals surface area contributed by atoms with Gasteiger partial charge in [-0.1, -0.05) is 6.08 Å². The van der Waals surface area contributed by atoms with Gasteiger partial charge in [-0.2, -0.15) is 0 Å². The first-order valence-electron chi connectivity index (χ1n) is 3.37. The zero-order valence-corrected chi connectivity index (χ0v) is 6.01. The lowest BCUT2D eigenvalue weighted by atomic mass is 10.1. The fourth-order valence-electron chi connectivity index (χ4n) is 0.639. The number of hydrogen-bond acceptors (Lipinski definition) is 2. The van der Waals surface area contributed by atoms with Gasteiger partial charge in [0, 0.05) is 6.42 Å². The van der Waals surface area contributed by atoms with Gasteiger partial charge in [0.2, 0.25) is 0 Å². The SMILES string of the molecule is C=CCCCC(=O)CC=O. The van der Waals surface area contributed by atoms with Crippen molar-refractivity contribution in [2.45, 2.75) is 25.7 Å². The molecule has 0 aromatic heterocycles. The van der Waals surface area contributed by atoms with E-state index < -0.39 is 0 Å². The van der Waals surface area contributed by atoms with Crippen LogP contribution in [0.1, 0.15) is 25.7 Å². The van der Waals surface area contributed by atoms with Crippen molar-refractivity contribution in [1.29, 1.82) is 0 Å². The van der Waals surface area contributed by atoms with Gasteiger partial charge in [-0.25, -0.2) is 0 Å². The second-order valence-electron chi connectivity index (χ2n) is 2.09. The summed E-state index contributed by atoms with van der Waals surface area (Å²) in [5.74, 6) is 0.0249. The highest BCUT2D eigenvalue weighted by atomic mass is 16.1. The summed E-state index contributed by atoms with van der Waals surface area (Å²) < 4.78 is 0. The van der Waals surface area contributed by atoms with Gasteiger partial charge in [-0.15, -0.1) is 6.58 Å². The van der Waals surface area contributed by atoms with Crippen molar-refractivity contribution in [1.82, 2.24) is 0 Å². The second-order valence-corrected chi connectivity index (χ2v) is 2.09. The van der Waals surface area contributed by atoms with Crippen molar-refractivity contribution in [3.63, 3.8) is 0 Å². The van der Waals surface area contributed by atoms with Gasteiger partial charge >= 0.3 is 0 Å². The normalized spacial score (nSPS) is 8.80. The Bertz CT molecular complexity index is 127. The number of Topliss-reactive ketones (excluding diaryl/α,β-unsaturated/α-hetero) is 1. The minimum atomic E-state index is 0.0249. The van der Waals surface area contributed by atoms with Crippen LogP contribution in [0.25, 0.3) is 0 Å². The van der Waals surface area contributed by atoms with Crippen molar-refractivity contribution in [2.75, 3.05) is 0 Å². The fourth-order valence-corrected chi connectivity index (χ4v) is 0.639. The Morgan fingerprint density at radius 3 is 2.70 bits per heavy atom. The Labute approximate surface area is 60.9 Å². The standard InChI is InChI=1S/C8H12O2/c1-2-3-4-5-8(10)6-7-9/h2,7H,1,3-6H2. The summed E-state index contributed by atoms with van der Waals surface area (Å²) in [5.41, 5.74) is 0. The molecule has 2 heteroatoms. The number of rotatable bonds is 6. The number of carbonyl (C=O) groups is 2. The van der Waals surface area contributed by atoms with E-state index in [9.17, 15) is 9.59 Å². The third-order valence-corrected chi connectivity index (χ3v) is 1.17. The molecule has 2 nitrogen and oxygen atoms in total. The molecule has 10 heavy (non-hydrogen) atoms. The summed E-state index contributed by atoms with van der Waals surface area (Å²) >= 11 is 0. The fraction of sp³-hybridized carbons (Fsp3) is 0.500. The van der Waals surface area contributed by atoms with Gasteiger partial charge in [0.25, 0.3) is 0 Å². The molecule has 0 bridgehead atoms. The minimum Gasteiger partial charge on any atom is -0.303 e. The van der Waals surface area contributed by atoms with Crippen molar-refractivity contribution in [2.24, 2.45) is 0 Å². The van der Waals surface area contributed by atoms with Crippen LogP contribution in [0.4, 0.5) is 0 Å². The van der Waals surface area contributed by atoms with E-state index in [1.807, 2.05) is 0 Å². The number of aldehydes is 1. The molecule has 0 spiro atoms. The molecule has 56 valence electrons. The van der Waals surface area contributed by atoms with E-state index in [1.54, 1.807) is 6.08 Å². The lowest BCUT2D eigenvalue weighted by Gasteiger charge is -1.91. The number of carbonyl (C=O) groups excluding carboxylic acids is 2. The highest BCUT2D eigenvalue weighted by Gasteiger charge is 1.97. The maximum Gasteiger partial charge on any atom is 0.139 e. The molecule has 0 amide bonds. The largest absolute Gasteiger partial charge is 0.303 e. The molecular weight excluding hydrogens is 128 g/mol. The number of allylic oxidation sites excluding steroid dienone is 1. The summed E-state index contributed by atoms with van der Waals surface area (Å²) in [4.78, 5) is 20.5. The average molecular weight is 140 g/mol. The lowest BCUT2D eigenvalue weighted by Crippen LogP contribution is -1.96. The van der Waals surface area contributed by atoms with E-state index in [1.165, 1.54) is 0 Å². The molecule has 0 rings (SSSR count). The maximum absolute atomic E-state index is 10.7. The summed E-state index contributed by atoms with van der Waals surface area (Å²) in [6.45, 7) is 3.52. The monoisotopic (exact) mass is 140 g/mol. The summed E-state index contributed by atoms with van der Waals surface area (Å²) in [6.07, 6.45) is 4.66. The van der Waals surface area contributed by atoms with Crippen LogP contribution < -0.4 is 0 Å². The van der Waals surface area contributed by atoms with E-state index in [0.717, 1.165) is 12.8 Å². The molecule has 0 heterocycles. The molecule has 0 atom stereocenters. The molecule has 0 aliphatic carbocycles. The van der Waals surface area contributed by atoms with Crippen LogP contribution >= 0.6 is 0 Å². The predicted octanol–water partition coefficient (Wildman–Crippen LogP) is 1.50. The highest BCUT2D eigenvalue weighted by Crippen LogP contribution is 1.97. The smallest absolute Gasteiger partial charge is 0.139 e. The number of unbranched alkanes of at least 4 members (excludes halogenated alkanes) is 1. The molecule has 0 N–H and O–H groups in total. The molecule has 0 aliphatic rings. The summed E-state index contributed by atoms with van der Waals surface area (Å²) in [6, 6.07) is 0. The van der Waals surface area contributed by atoms with Gasteiger partial charge in [0.05, 0.1) is 6.42 Å². The molecule has 0 aromatic carbocycles. The van der Waals surface area contributed by atoms with Crippen molar-refractivity contribution < 1.29 is 9.59 Å². The van der Waals surface area contributed by atoms with E-state index in [-0.39, 0.29) is 12.2 Å². The number of hydrogen-bond donors (Lipinski definition) is 0. The lowest BCUT2D eigenvalue weighted by molar-refractivity contribution is -0.122. The van der Waals surface area contributed by atoms with E-state index in [0.29, 0.717) is 12.7 Å². The molecule has 0 fully saturated rings. The third kappa shape index (κ3) is 5.22. The second kappa shape index (κ2) is 6.20. The van der Waals surface area contributed by atoms with Crippen molar-refractivity contribution in [3.05, 3.63) is 12.7 Å². The first-order chi connectivity index (χ1) is 4.81. The van der Waals surface area contributed by atoms with Crippen LogP contribution in [0.5, 0.6) is 0 Å².